The van der Waals surface area contributed by atoms with Crippen molar-refractivity contribution >= 4 is 55.8 Å². The van der Waals surface area contributed by atoms with E-state index in [9.17, 15) is 26.0 Å². The minimum atomic E-state index is -7.02. The van der Waals surface area contributed by atoms with Crippen LogP contribution in [0, 0.1) is 17.8 Å². The fourth-order valence-corrected chi connectivity index (χ4v) is 7.52. The highest BCUT2D eigenvalue weighted by molar-refractivity contribution is 8.84. The van der Waals surface area contributed by atoms with E-state index in [4.69, 9.17) is 9.47 Å². The van der Waals surface area contributed by atoms with Crippen LogP contribution in [0.25, 0.3) is 0 Å². The van der Waals surface area contributed by atoms with Gasteiger partial charge in [-0.3, -0.25) is 9.59 Å². The molecule has 0 bridgehead atoms. The molecule has 2 amide bonds. The Kier molecular flexibility index (Phi) is 9.52. The van der Waals surface area contributed by atoms with Crippen molar-refractivity contribution in [2.24, 2.45) is 17.8 Å². The standard InChI is InChI=1S/C30H41F3N2O5P2S/c1-18-6-4-9-23(29(37)34-20-7-5-8-22(14-20)43(3,31,32,33)42)28(18)35-30(38)24-15-26(27(41)16-25(24)39-2)40-21-12-10-19(17-36)11-13-21/h5,7-8,14-19,21,23,28H,4,6,9-13,41-42H2,1-3H3,(H,34,37)(H,35,38)/t18-,19?,21?,23-,28+/m0/s1. The molecule has 238 valence electrons. The fourth-order valence-electron chi connectivity index (χ4n) is 5.88. The van der Waals surface area contributed by atoms with Gasteiger partial charge in [0.2, 0.25) is 5.91 Å². The van der Waals surface area contributed by atoms with Crippen molar-refractivity contribution in [3.05, 3.63) is 42.0 Å². The summed E-state index contributed by atoms with van der Waals surface area (Å²) in [6.45, 7) is 1.95. The lowest BCUT2D eigenvalue weighted by atomic mass is 9.77. The van der Waals surface area contributed by atoms with E-state index in [0.717, 1.165) is 70.7 Å². The van der Waals surface area contributed by atoms with Gasteiger partial charge in [-0.2, -0.15) is 0 Å². The summed E-state index contributed by atoms with van der Waals surface area (Å²) in [6.07, 6.45) is 6.19. The van der Waals surface area contributed by atoms with E-state index in [1.165, 1.54) is 19.2 Å². The van der Waals surface area contributed by atoms with Crippen LogP contribution in [0.3, 0.4) is 0 Å². The van der Waals surface area contributed by atoms with Gasteiger partial charge in [0.05, 0.1) is 38.7 Å². The number of rotatable bonds is 9. The number of nitrogens with one attached hydrogen (secondary N) is 2. The van der Waals surface area contributed by atoms with Gasteiger partial charge in [-0.1, -0.05) is 19.4 Å². The van der Waals surface area contributed by atoms with Gasteiger partial charge in [-0.05, 0) is 83.2 Å². The van der Waals surface area contributed by atoms with E-state index < -0.39 is 37.7 Å². The molecule has 2 aliphatic rings. The molecule has 13 heteroatoms. The molecule has 5 atom stereocenters. The van der Waals surface area contributed by atoms with E-state index in [1.807, 2.05) is 6.92 Å². The highest BCUT2D eigenvalue weighted by Gasteiger charge is 2.54. The second kappa shape index (κ2) is 12.2. The maximum Gasteiger partial charge on any atom is 0.255 e. The summed E-state index contributed by atoms with van der Waals surface area (Å²) < 4.78 is 55.6. The Morgan fingerprint density at radius 2 is 1.72 bits per heavy atom. The molecular weight excluding hydrogens is 619 g/mol. The fraction of sp³-hybridized carbons (Fsp3) is 0.500. The zero-order valence-electron chi connectivity index (χ0n) is 24.6. The Morgan fingerprint density at radius 1 is 1.02 bits per heavy atom. The molecule has 0 aliphatic heterocycles. The normalized spacial score (nSPS) is 25.9. The number of aldehydes is 1. The Bertz CT molecular complexity index is 1390. The third-order valence-corrected chi connectivity index (χ3v) is 11.2. The Balaban J connectivity index is 1.53. The lowest BCUT2D eigenvalue weighted by Gasteiger charge is -2.51. The van der Waals surface area contributed by atoms with Crippen molar-refractivity contribution in [3.8, 4) is 11.5 Å². The third-order valence-electron chi connectivity index (χ3n) is 8.38. The largest absolute Gasteiger partial charge is 0.496 e. The van der Waals surface area contributed by atoms with Crippen molar-refractivity contribution in [2.45, 2.75) is 68.9 Å². The molecule has 2 saturated carbocycles. The summed E-state index contributed by atoms with van der Waals surface area (Å²) in [5.41, 5.74) is 0.304. The number of ether oxygens (including phenoxy) is 2. The molecule has 4 rings (SSSR count). The minimum Gasteiger partial charge on any atom is -0.496 e. The van der Waals surface area contributed by atoms with E-state index in [0.29, 0.717) is 17.9 Å². The second-order valence-corrected chi connectivity index (χ2v) is 20.3. The molecule has 7 nitrogen and oxygen atoms in total. The highest BCUT2D eigenvalue weighted by Crippen LogP contribution is 3.02. The van der Waals surface area contributed by atoms with Crippen LogP contribution < -0.4 is 25.4 Å². The number of carbonyl (C=O) groups excluding carboxylic acids is 3. The number of hydrogen-bond acceptors (Lipinski definition) is 5. The molecule has 0 radical (unpaired) electrons. The predicted molar refractivity (Wildman–Crippen MR) is 172 cm³/mol. The molecule has 0 spiro atoms. The second-order valence-electron chi connectivity index (χ2n) is 12.1. The van der Waals surface area contributed by atoms with Crippen LogP contribution in [0.1, 0.15) is 62.2 Å². The smallest absolute Gasteiger partial charge is 0.255 e. The molecule has 2 aromatic rings. The molecular formula is C30H41F3N2O5P2S. The van der Waals surface area contributed by atoms with Gasteiger partial charge < -0.3 is 24.9 Å². The average molecular weight is 661 g/mol. The van der Waals surface area contributed by atoms with Crippen LogP contribution in [-0.4, -0.2) is 43.6 Å². The van der Waals surface area contributed by atoms with Gasteiger partial charge >= 0.3 is 0 Å². The Labute approximate surface area is 255 Å². The Hall–Kier alpha value is -2.35. The molecule has 43 heavy (non-hydrogen) atoms. The van der Waals surface area contributed by atoms with Gasteiger partial charge in [-0.25, -0.2) is 0 Å². The summed E-state index contributed by atoms with van der Waals surface area (Å²) in [6, 6.07) is 7.44. The molecule has 0 aromatic heterocycles. The summed E-state index contributed by atoms with van der Waals surface area (Å²) in [4.78, 5) is 37.4. The summed E-state index contributed by atoms with van der Waals surface area (Å²) in [7, 11) is -1.90. The monoisotopic (exact) mass is 660 g/mol. The number of carbonyl (C=O) groups is 3. The van der Waals surface area contributed by atoms with Gasteiger partial charge in [0, 0.05) is 29.2 Å². The van der Waals surface area contributed by atoms with Gasteiger partial charge in [0.25, 0.3) is 5.91 Å². The van der Waals surface area contributed by atoms with Crippen LogP contribution in [0.4, 0.5) is 17.3 Å². The zero-order valence-corrected chi connectivity index (χ0v) is 27.7. The molecule has 2 aromatic carbocycles. The SMILES string of the molecule is COc1cc(P)c(OC2CCC(C=O)CC2)cc1C(=O)N[C@H]1[C@@H](C(=O)Nc2cccc(S(C)(F)(F)(F)P)c2)CCC[C@@H]1C. The molecule has 2 unspecified atom stereocenters. The molecule has 2 N–H and O–H groups in total. The number of amides is 2. The maximum atomic E-state index is 14.6. The van der Waals surface area contributed by atoms with Crippen molar-refractivity contribution in [1.29, 1.82) is 0 Å². The Morgan fingerprint density at radius 3 is 2.35 bits per heavy atom. The lowest BCUT2D eigenvalue weighted by Crippen LogP contribution is -2.50. The first-order valence-electron chi connectivity index (χ1n) is 14.4. The molecule has 0 saturated heterocycles. The molecule has 2 aliphatic carbocycles. The first-order valence-corrected chi connectivity index (χ1v) is 19.0. The van der Waals surface area contributed by atoms with Crippen molar-refractivity contribution < 1.29 is 35.5 Å². The zero-order chi connectivity index (χ0) is 31.6. The van der Waals surface area contributed by atoms with E-state index in [-0.39, 0.29) is 35.4 Å². The van der Waals surface area contributed by atoms with Gasteiger partial charge in [0.1, 0.15) is 17.8 Å². The number of benzene rings is 2. The molecule has 0 heterocycles. The minimum absolute atomic E-state index is 0.0498. The van der Waals surface area contributed by atoms with Crippen LogP contribution >= 0.6 is 26.8 Å². The van der Waals surface area contributed by atoms with E-state index >= 15 is 0 Å². The highest BCUT2D eigenvalue weighted by atomic mass is 32.9. The van der Waals surface area contributed by atoms with Crippen LogP contribution in [0.2, 0.25) is 0 Å². The van der Waals surface area contributed by atoms with Crippen LogP contribution in [0.15, 0.2) is 41.3 Å². The number of methoxy groups -OCH3 is 1. The lowest BCUT2D eigenvalue weighted by molar-refractivity contribution is -0.122. The summed E-state index contributed by atoms with van der Waals surface area (Å²) in [5, 5.41) is 6.41. The van der Waals surface area contributed by atoms with Crippen LogP contribution in [-0.2, 0) is 9.59 Å². The third kappa shape index (κ3) is 8.43. The van der Waals surface area contributed by atoms with Gasteiger partial charge in [-0.15, -0.1) is 20.9 Å². The maximum absolute atomic E-state index is 14.6. The topological polar surface area (TPSA) is 93.7 Å². The van der Waals surface area contributed by atoms with E-state index in [1.54, 1.807) is 12.1 Å². The molecule has 2 fully saturated rings. The van der Waals surface area contributed by atoms with E-state index in [2.05, 4.69) is 19.9 Å². The van der Waals surface area contributed by atoms with Crippen molar-refractivity contribution in [2.75, 3.05) is 18.7 Å². The van der Waals surface area contributed by atoms with Crippen LogP contribution in [0.5, 0.6) is 11.5 Å². The number of anilines is 1. The quantitative estimate of drug-likeness (QED) is 0.228. The predicted octanol–water partition coefficient (Wildman–Crippen LogP) is 6.81. The van der Waals surface area contributed by atoms with Crippen molar-refractivity contribution in [3.63, 3.8) is 0 Å². The van der Waals surface area contributed by atoms with Gasteiger partial charge in [0.15, 0.2) is 0 Å². The number of hydrogen-bond donors (Lipinski definition) is 2. The first-order chi connectivity index (χ1) is 20.0. The summed E-state index contributed by atoms with van der Waals surface area (Å²) in [5.74, 6) is -0.660. The average Bonchev–Trinajstić information content (AvgIpc) is 2.94. The summed E-state index contributed by atoms with van der Waals surface area (Å²) >= 11 is 0. The van der Waals surface area contributed by atoms with Crippen molar-refractivity contribution in [1.82, 2.24) is 5.32 Å². The first kappa shape index (κ1) is 33.5. The number of halogens is 3.